The fourth-order valence-corrected chi connectivity index (χ4v) is 2.31. The van der Waals surface area contributed by atoms with Crippen molar-refractivity contribution in [3.8, 4) is 0 Å². The molecule has 1 aliphatic carbocycles. The molecule has 6 nitrogen and oxygen atoms in total. The molecule has 0 aromatic rings. The lowest BCUT2D eigenvalue weighted by Crippen LogP contribution is -2.46. The summed E-state index contributed by atoms with van der Waals surface area (Å²) in [5, 5.41) is 12.3. The van der Waals surface area contributed by atoms with Crippen LogP contribution in [0.4, 0.5) is 4.79 Å². The van der Waals surface area contributed by atoms with Crippen molar-refractivity contribution in [2.45, 2.75) is 77.7 Å². The first-order chi connectivity index (χ1) is 9.73. The largest absolute Gasteiger partial charge is 0.462 e. The van der Waals surface area contributed by atoms with Gasteiger partial charge in [-0.05, 0) is 52.9 Å². The summed E-state index contributed by atoms with van der Waals surface area (Å²) in [6, 6.07) is 0. The second kappa shape index (κ2) is 7.64. The quantitative estimate of drug-likeness (QED) is 0.601. The summed E-state index contributed by atoms with van der Waals surface area (Å²) in [6.07, 6.45) is 2.14. The highest BCUT2D eigenvalue weighted by atomic mass is 16.6. The Balaban J connectivity index is 2.49. The first-order valence-electron chi connectivity index (χ1n) is 7.61. The van der Waals surface area contributed by atoms with E-state index in [1.54, 1.807) is 27.7 Å². The number of hydrogen-bond donors (Lipinski definition) is 2. The van der Waals surface area contributed by atoms with Gasteiger partial charge in [0.1, 0.15) is 23.9 Å². The van der Waals surface area contributed by atoms with E-state index in [2.05, 4.69) is 5.32 Å². The Bertz CT molecular complexity index is 358. The van der Waals surface area contributed by atoms with Crippen LogP contribution in [0.3, 0.4) is 0 Å². The smallest absolute Gasteiger partial charge is 0.409 e. The molecule has 0 radical (unpaired) electrons. The first kappa shape index (κ1) is 17.8. The summed E-state index contributed by atoms with van der Waals surface area (Å²) < 4.78 is 10.4. The average molecular weight is 301 g/mol. The lowest BCUT2D eigenvalue weighted by molar-refractivity contribution is -0.158. The predicted octanol–water partition coefficient (Wildman–Crippen LogP) is 2.34. The van der Waals surface area contributed by atoms with Crippen LogP contribution in [-0.2, 0) is 14.3 Å². The zero-order valence-electron chi connectivity index (χ0n) is 13.3. The summed E-state index contributed by atoms with van der Waals surface area (Å²) in [6.45, 7) is 6.94. The van der Waals surface area contributed by atoms with E-state index in [1.165, 1.54) is 0 Å². The van der Waals surface area contributed by atoms with Crippen LogP contribution in [0.5, 0.6) is 0 Å². The van der Waals surface area contributed by atoms with Gasteiger partial charge in [-0.15, -0.1) is 0 Å². The SMILES string of the molecule is CC[C@H](C(=O)OC1CCCC1)[C@H](O)NC(=O)OC(C)(C)C. The summed E-state index contributed by atoms with van der Waals surface area (Å²) in [5.41, 5.74) is -0.657. The van der Waals surface area contributed by atoms with Gasteiger partial charge < -0.3 is 14.6 Å². The predicted molar refractivity (Wildman–Crippen MR) is 77.5 cm³/mol. The molecule has 0 heterocycles. The fraction of sp³-hybridized carbons (Fsp3) is 0.867. The minimum atomic E-state index is -1.31. The van der Waals surface area contributed by atoms with Gasteiger partial charge in [-0.1, -0.05) is 6.92 Å². The van der Waals surface area contributed by atoms with E-state index in [9.17, 15) is 14.7 Å². The summed E-state index contributed by atoms with van der Waals surface area (Å²) in [4.78, 5) is 23.7. The minimum absolute atomic E-state index is 0.0553. The Morgan fingerprint density at radius 2 is 1.86 bits per heavy atom. The molecule has 1 rings (SSSR count). The Morgan fingerprint density at radius 3 is 2.33 bits per heavy atom. The standard InChI is InChI=1S/C15H27NO5/c1-5-11(13(18)20-10-8-6-7-9-10)12(17)16-14(19)21-15(2,3)4/h10-12,17H,5-9H2,1-4H3,(H,16,19)/t11-,12-/m0/s1. The normalized spacial score (nSPS) is 18.9. The first-order valence-corrected chi connectivity index (χ1v) is 7.61. The van der Waals surface area contributed by atoms with E-state index in [-0.39, 0.29) is 6.10 Å². The number of aliphatic hydroxyl groups is 1. The Hall–Kier alpha value is -1.30. The third kappa shape index (κ3) is 6.33. The summed E-state index contributed by atoms with van der Waals surface area (Å²) in [7, 11) is 0. The second-order valence-corrected chi connectivity index (χ2v) is 6.45. The van der Waals surface area contributed by atoms with E-state index >= 15 is 0 Å². The lowest BCUT2D eigenvalue weighted by atomic mass is 10.1. The van der Waals surface area contributed by atoms with Gasteiger partial charge in [0.05, 0.1) is 0 Å². The molecule has 0 saturated heterocycles. The van der Waals surface area contributed by atoms with Gasteiger partial charge in [0.2, 0.25) is 0 Å². The van der Waals surface area contributed by atoms with Crippen LogP contribution in [0.25, 0.3) is 0 Å². The zero-order chi connectivity index (χ0) is 16.0. The fourth-order valence-electron chi connectivity index (χ4n) is 2.31. The van der Waals surface area contributed by atoms with E-state index < -0.39 is 29.8 Å². The van der Waals surface area contributed by atoms with Crippen LogP contribution in [0.15, 0.2) is 0 Å². The molecule has 122 valence electrons. The summed E-state index contributed by atoms with van der Waals surface area (Å²) >= 11 is 0. The van der Waals surface area contributed by atoms with E-state index in [0.717, 1.165) is 25.7 Å². The average Bonchev–Trinajstić information content (AvgIpc) is 2.79. The molecule has 0 spiro atoms. The van der Waals surface area contributed by atoms with Crippen molar-refractivity contribution in [1.29, 1.82) is 0 Å². The van der Waals surface area contributed by atoms with Crippen LogP contribution in [0.1, 0.15) is 59.8 Å². The maximum absolute atomic E-state index is 12.1. The van der Waals surface area contributed by atoms with Gasteiger partial charge in [0, 0.05) is 0 Å². The van der Waals surface area contributed by atoms with Crippen molar-refractivity contribution in [3.05, 3.63) is 0 Å². The molecule has 6 heteroatoms. The highest BCUT2D eigenvalue weighted by Gasteiger charge is 2.31. The zero-order valence-corrected chi connectivity index (χ0v) is 13.3. The molecule has 1 amide bonds. The monoisotopic (exact) mass is 301 g/mol. The third-order valence-electron chi connectivity index (χ3n) is 3.37. The molecule has 2 atom stereocenters. The molecule has 1 aliphatic rings. The van der Waals surface area contributed by atoms with Gasteiger partial charge in [-0.3, -0.25) is 10.1 Å². The second-order valence-electron chi connectivity index (χ2n) is 6.45. The van der Waals surface area contributed by atoms with Gasteiger partial charge in [-0.25, -0.2) is 4.79 Å². The molecule has 1 saturated carbocycles. The third-order valence-corrected chi connectivity index (χ3v) is 3.37. The molecule has 0 unspecified atom stereocenters. The number of aliphatic hydroxyl groups excluding tert-OH is 1. The maximum Gasteiger partial charge on any atom is 0.409 e. The molecule has 1 fully saturated rings. The van der Waals surface area contributed by atoms with Gasteiger partial charge in [0.25, 0.3) is 0 Å². The van der Waals surface area contributed by atoms with E-state index in [0.29, 0.717) is 6.42 Å². The van der Waals surface area contributed by atoms with Crippen LogP contribution in [0, 0.1) is 5.92 Å². The molecule has 0 aromatic heterocycles. The van der Waals surface area contributed by atoms with E-state index in [1.807, 2.05) is 0 Å². The Morgan fingerprint density at radius 1 is 1.29 bits per heavy atom. The lowest BCUT2D eigenvalue weighted by Gasteiger charge is -2.25. The van der Waals surface area contributed by atoms with Gasteiger partial charge in [0.15, 0.2) is 0 Å². The van der Waals surface area contributed by atoms with Crippen molar-refractivity contribution >= 4 is 12.1 Å². The molecule has 0 aliphatic heterocycles. The number of alkyl carbamates (subject to hydrolysis) is 1. The molecule has 2 N–H and O–H groups in total. The number of ether oxygens (including phenoxy) is 2. The van der Waals surface area contributed by atoms with Crippen LogP contribution < -0.4 is 5.32 Å². The van der Waals surface area contributed by atoms with Crippen molar-refractivity contribution in [2.24, 2.45) is 5.92 Å². The number of carbonyl (C=O) groups excluding carboxylic acids is 2. The highest BCUT2D eigenvalue weighted by Crippen LogP contribution is 2.23. The molecule has 21 heavy (non-hydrogen) atoms. The Kier molecular flexibility index (Phi) is 6.45. The number of amides is 1. The van der Waals surface area contributed by atoms with Crippen molar-refractivity contribution in [1.82, 2.24) is 5.32 Å². The molecular formula is C15H27NO5. The van der Waals surface area contributed by atoms with Gasteiger partial charge in [-0.2, -0.15) is 0 Å². The highest BCUT2D eigenvalue weighted by molar-refractivity contribution is 5.75. The van der Waals surface area contributed by atoms with Crippen molar-refractivity contribution < 1.29 is 24.2 Å². The number of carbonyl (C=O) groups is 2. The van der Waals surface area contributed by atoms with Gasteiger partial charge >= 0.3 is 12.1 Å². The van der Waals surface area contributed by atoms with Crippen LogP contribution in [0.2, 0.25) is 0 Å². The maximum atomic E-state index is 12.1. The number of hydrogen-bond acceptors (Lipinski definition) is 5. The minimum Gasteiger partial charge on any atom is -0.462 e. The number of nitrogens with one attached hydrogen (secondary N) is 1. The van der Waals surface area contributed by atoms with Crippen LogP contribution in [-0.4, -0.2) is 35.1 Å². The van der Waals surface area contributed by atoms with Crippen molar-refractivity contribution in [3.63, 3.8) is 0 Å². The van der Waals surface area contributed by atoms with Crippen LogP contribution >= 0.6 is 0 Å². The van der Waals surface area contributed by atoms with E-state index in [4.69, 9.17) is 9.47 Å². The topological polar surface area (TPSA) is 84.9 Å². The molecule has 0 bridgehead atoms. The number of rotatable bonds is 5. The summed E-state index contributed by atoms with van der Waals surface area (Å²) in [5.74, 6) is -1.24. The molecular weight excluding hydrogens is 274 g/mol. The van der Waals surface area contributed by atoms with Crippen molar-refractivity contribution in [2.75, 3.05) is 0 Å². The molecule has 0 aromatic carbocycles. The number of esters is 1. The Labute approximate surface area is 126 Å².